The molecule has 3 amide bonds. The van der Waals surface area contributed by atoms with E-state index in [4.69, 9.17) is 19.0 Å². The van der Waals surface area contributed by atoms with Crippen LogP contribution in [0.4, 0.5) is 25.9 Å². The fraction of sp³-hybridized carbons (Fsp3) is 0.500. The Bertz CT molecular complexity index is 1420. The normalized spacial score (nSPS) is 12.0. The first kappa shape index (κ1) is 33.1. The van der Waals surface area contributed by atoms with Gasteiger partial charge in [-0.05, 0) is 92.6 Å². The number of carbonyl (C=O) groups is 3. The highest BCUT2D eigenvalue weighted by Crippen LogP contribution is 2.24. The fourth-order valence-corrected chi connectivity index (χ4v) is 3.81. The smallest absolute Gasteiger partial charge is 0.419 e. The summed E-state index contributed by atoms with van der Waals surface area (Å²) in [4.78, 5) is 55.7. The van der Waals surface area contributed by atoms with Gasteiger partial charge in [0.15, 0.2) is 0 Å². The third-order valence-electron chi connectivity index (χ3n) is 5.42. The van der Waals surface area contributed by atoms with Gasteiger partial charge in [0.25, 0.3) is 0 Å². The molecule has 0 fully saturated rings. The van der Waals surface area contributed by atoms with Gasteiger partial charge in [0.05, 0.1) is 24.9 Å². The van der Waals surface area contributed by atoms with Crippen molar-refractivity contribution in [3.63, 3.8) is 0 Å². The van der Waals surface area contributed by atoms with Gasteiger partial charge in [0.2, 0.25) is 5.95 Å². The summed E-state index contributed by atoms with van der Waals surface area (Å²) < 4.78 is 18.3. The molecule has 0 bridgehead atoms. The summed E-state index contributed by atoms with van der Waals surface area (Å²) in [7, 11) is 1.53. The van der Waals surface area contributed by atoms with Crippen molar-refractivity contribution < 1.29 is 33.4 Å². The lowest BCUT2D eigenvalue weighted by atomic mass is 10.2. The van der Waals surface area contributed by atoms with Crippen molar-refractivity contribution in [2.75, 3.05) is 30.6 Å². The van der Waals surface area contributed by atoms with E-state index in [0.29, 0.717) is 5.95 Å². The van der Waals surface area contributed by atoms with Crippen LogP contribution in [0.2, 0.25) is 0 Å². The number of benzene rings is 1. The first-order valence-corrected chi connectivity index (χ1v) is 13.8. The van der Waals surface area contributed by atoms with Crippen LogP contribution < -0.4 is 10.4 Å². The van der Waals surface area contributed by atoms with Crippen LogP contribution in [0, 0.1) is 0 Å². The lowest BCUT2D eigenvalue weighted by molar-refractivity contribution is 0.00153. The van der Waals surface area contributed by atoms with E-state index in [1.165, 1.54) is 18.2 Å². The molecule has 0 atom stereocenters. The van der Waals surface area contributed by atoms with Crippen molar-refractivity contribution in [2.45, 2.75) is 79.1 Å². The molecule has 0 spiro atoms. The molecule has 3 rings (SSSR count). The van der Waals surface area contributed by atoms with E-state index in [0.717, 1.165) is 21.5 Å². The van der Waals surface area contributed by atoms with Gasteiger partial charge in [0, 0.05) is 24.3 Å². The molecule has 0 aliphatic carbocycles. The standard InChI is InChI=1S/C30H42N6O7/c1-28(2,3)41-25(37)35(17-18-36(26(38)42-29(4,5)6)27(39)43-30(7,8)9)23-13-15-31-24(32-23)34-16-14-20-19-21(33-40-10)11-12-22(20)34/h11-16,19,33H,17-18H2,1-10H3. The molecular weight excluding hydrogens is 556 g/mol. The van der Waals surface area contributed by atoms with Gasteiger partial charge in [-0.1, -0.05) is 0 Å². The average molecular weight is 599 g/mol. The highest BCUT2D eigenvalue weighted by molar-refractivity contribution is 5.90. The Kier molecular flexibility index (Phi) is 9.90. The van der Waals surface area contributed by atoms with Crippen LogP contribution in [0.3, 0.4) is 0 Å². The van der Waals surface area contributed by atoms with Gasteiger partial charge in [-0.3, -0.25) is 19.8 Å². The molecule has 0 saturated carbocycles. The zero-order valence-corrected chi connectivity index (χ0v) is 26.5. The molecule has 234 valence electrons. The zero-order chi connectivity index (χ0) is 32.2. The minimum atomic E-state index is -0.907. The largest absolute Gasteiger partial charge is 0.443 e. The molecule has 2 heterocycles. The van der Waals surface area contributed by atoms with Crippen molar-refractivity contribution in [1.82, 2.24) is 19.4 Å². The number of hydrogen-bond donors (Lipinski definition) is 1. The number of nitrogens with one attached hydrogen (secondary N) is 1. The molecule has 1 N–H and O–H groups in total. The van der Waals surface area contributed by atoms with Crippen LogP contribution in [-0.4, -0.2) is 74.7 Å². The lowest BCUT2D eigenvalue weighted by Gasteiger charge is -2.31. The molecule has 13 nitrogen and oxygen atoms in total. The van der Waals surface area contributed by atoms with Gasteiger partial charge < -0.3 is 14.2 Å². The maximum atomic E-state index is 13.4. The van der Waals surface area contributed by atoms with Gasteiger partial charge >= 0.3 is 18.3 Å². The number of fused-ring (bicyclic) bond motifs is 1. The Morgan fingerprint density at radius 2 is 1.40 bits per heavy atom. The van der Waals surface area contributed by atoms with Gasteiger partial charge in [-0.2, -0.15) is 4.98 Å². The Morgan fingerprint density at radius 1 is 0.814 bits per heavy atom. The highest BCUT2D eigenvalue weighted by Gasteiger charge is 2.33. The quantitative estimate of drug-likeness (QED) is 0.243. The van der Waals surface area contributed by atoms with Crippen molar-refractivity contribution >= 4 is 40.7 Å². The zero-order valence-electron chi connectivity index (χ0n) is 26.5. The SMILES string of the molecule is CONc1ccc2c(ccn2-c2nccc(N(CCN(C(=O)OC(C)(C)C)C(=O)OC(C)(C)C)C(=O)OC(C)(C)C)n2)c1. The fourth-order valence-electron chi connectivity index (χ4n) is 3.81. The van der Waals surface area contributed by atoms with E-state index in [9.17, 15) is 14.4 Å². The Labute approximate surface area is 252 Å². The number of carbonyl (C=O) groups excluding carboxylic acids is 3. The topological polar surface area (TPSA) is 137 Å². The molecule has 0 aliphatic heterocycles. The molecule has 0 radical (unpaired) electrons. The Hall–Kier alpha value is -4.39. The summed E-state index contributed by atoms with van der Waals surface area (Å²) in [5.41, 5.74) is 1.83. The number of rotatable bonds is 7. The highest BCUT2D eigenvalue weighted by atomic mass is 16.6. The summed E-state index contributed by atoms with van der Waals surface area (Å²) in [6.07, 6.45) is 0.788. The predicted molar refractivity (Wildman–Crippen MR) is 162 cm³/mol. The maximum Gasteiger partial charge on any atom is 0.419 e. The van der Waals surface area contributed by atoms with Crippen LogP contribution in [0.5, 0.6) is 0 Å². The summed E-state index contributed by atoms with van der Waals surface area (Å²) in [6.45, 7) is 14.9. The number of aromatic nitrogens is 3. The second kappa shape index (κ2) is 12.9. The average Bonchev–Trinajstić information content (AvgIpc) is 3.27. The molecule has 3 aromatic rings. The van der Waals surface area contributed by atoms with Gasteiger partial charge in [-0.15, -0.1) is 0 Å². The van der Waals surface area contributed by atoms with Crippen molar-refractivity contribution in [1.29, 1.82) is 0 Å². The molecule has 2 aromatic heterocycles. The van der Waals surface area contributed by atoms with E-state index in [1.54, 1.807) is 72.9 Å². The van der Waals surface area contributed by atoms with E-state index in [-0.39, 0.29) is 18.9 Å². The number of anilines is 2. The molecular formula is C30H42N6O7. The maximum absolute atomic E-state index is 13.4. The van der Waals surface area contributed by atoms with E-state index in [1.807, 2.05) is 30.5 Å². The summed E-state index contributed by atoms with van der Waals surface area (Å²) in [6, 6.07) is 9.09. The van der Waals surface area contributed by atoms with Crippen LogP contribution in [0.15, 0.2) is 42.7 Å². The first-order valence-electron chi connectivity index (χ1n) is 13.8. The second-order valence-electron chi connectivity index (χ2n) is 12.7. The number of imide groups is 1. The summed E-state index contributed by atoms with van der Waals surface area (Å²) in [5.74, 6) is 0.497. The summed E-state index contributed by atoms with van der Waals surface area (Å²) >= 11 is 0. The molecule has 0 unspecified atom stereocenters. The van der Waals surface area contributed by atoms with Crippen molar-refractivity contribution in [2.24, 2.45) is 0 Å². The molecule has 0 aliphatic rings. The van der Waals surface area contributed by atoms with Gasteiger partial charge in [0.1, 0.15) is 22.6 Å². The minimum Gasteiger partial charge on any atom is -0.443 e. The predicted octanol–water partition coefficient (Wildman–Crippen LogP) is 6.31. The Balaban J connectivity index is 1.98. The molecule has 0 saturated heterocycles. The number of ether oxygens (including phenoxy) is 3. The number of nitrogens with zero attached hydrogens (tertiary/aromatic N) is 5. The monoisotopic (exact) mass is 598 g/mol. The van der Waals surface area contributed by atoms with Crippen molar-refractivity contribution in [3.8, 4) is 5.95 Å². The molecule has 13 heteroatoms. The van der Waals surface area contributed by atoms with Crippen LogP contribution in [0.25, 0.3) is 16.9 Å². The van der Waals surface area contributed by atoms with Gasteiger partial charge in [-0.25, -0.2) is 24.3 Å². The first-order chi connectivity index (χ1) is 19.9. The molecule has 43 heavy (non-hydrogen) atoms. The lowest BCUT2D eigenvalue weighted by Crippen LogP contribution is -2.48. The summed E-state index contributed by atoms with van der Waals surface area (Å²) in [5, 5.41) is 0.908. The molecule has 1 aromatic carbocycles. The van der Waals surface area contributed by atoms with E-state index >= 15 is 0 Å². The Morgan fingerprint density at radius 3 is 1.95 bits per heavy atom. The van der Waals surface area contributed by atoms with E-state index in [2.05, 4.69) is 15.4 Å². The third-order valence-corrected chi connectivity index (χ3v) is 5.42. The van der Waals surface area contributed by atoms with Crippen molar-refractivity contribution in [3.05, 3.63) is 42.7 Å². The second-order valence-corrected chi connectivity index (χ2v) is 12.7. The number of hydrogen-bond acceptors (Lipinski definition) is 10. The third kappa shape index (κ3) is 9.57. The van der Waals surface area contributed by atoms with Crippen LogP contribution in [0.1, 0.15) is 62.3 Å². The van der Waals surface area contributed by atoms with E-state index < -0.39 is 35.1 Å². The van der Waals surface area contributed by atoms with Crippen LogP contribution in [-0.2, 0) is 19.0 Å². The van der Waals surface area contributed by atoms with Crippen LogP contribution >= 0.6 is 0 Å². The number of amides is 3. The minimum absolute atomic E-state index is 0.164.